The molecule has 0 amide bonds. The van der Waals surface area contributed by atoms with Crippen molar-refractivity contribution in [2.24, 2.45) is 0 Å². The fourth-order valence-corrected chi connectivity index (χ4v) is 7.19. The van der Waals surface area contributed by atoms with Crippen molar-refractivity contribution >= 4 is 13.9 Å². The maximum absolute atomic E-state index is 10.7. The lowest BCUT2D eigenvalue weighted by Crippen LogP contribution is -2.27. The maximum atomic E-state index is 10.7. The average Bonchev–Trinajstić information content (AvgIpc) is 2.88. The van der Waals surface area contributed by atoms with Gasteiger partial charge in [-0.3, -0.25) is 0 Å². The van der Waals surface area contributed by atoms with Gasteiger partial charge >= 0.3 is 0 Å². The van der Waals surface area contributed by atoms with Gasteiger partial charge in [-0.05, 0) is 66.6 Å². The molecule has 2 nitrogen and oxygen atoms in total. The van der Waals surface area contributed by atoms with Crippen LogP contribution in [0.3, 0.4) is 0 Å². The summed E-state index contributed by atoms with van der Waals surface area (Å²) in [6, 6.07) is 21.9. The Bertz CT molecular complexity index is 1180. The Kier molecular flexibility index (Phi) is 10.6. The van der Waals surface area contributed by atoms with Crippen LogP contribution in [0.2, 0.25) is 0 Å². The number of unbranched alkanes of at least 4 members (excludes halogenated alkanes) is 2. The van der Waals surface area contributed by atoms with Crippen molar-refractivity contribution in [2.75, 3.05) is 0 Å². The van der Waals surface area contributed by atoms with Crippen molar-refractivity contribution in [3.05, 3.63) is 94.0 Å². The van der Waals surface area contributed by atoms with Crippen molar-refractivity contribution in [3.63, 3.8) is 0 Å². The lowest BCUT2D eigenvalue weighted by molar-refractivity contribution is 0.200. The number of aliphatic hydroxyl groups is 1. The van der Waals surface area contributed by atoms with E-state index in [1.54, 1.807) is 0 Å². The highest BCUT2D eigenvalue weighted by molar-refractivity contribution is 7.48. The van der Waals surface area contributed by atoms with Gasteiger partial charge in [-0.25, -0.2) is 0 Å². The minimum atomic E-state index is -0.487. The van der Waals surface area contributed by atoms with Crippen molar-refractivity contribution in [1.29, 1.82) is 0 Å². The van der Waals surface area contributed by atoms with Gasteiger partial charge in [-0.1, -0.05) is 129 Å². The van der Waals surface area contributed by atoms with Crippen molar-refractivity contribution < 1.29 is 9.84 Å². The van der Waals surface area contributed by atoms with Crippen LogP contribution in [0.1, 0.15) is 113 Å². The van der Waals surface area contributed by atoms with Crippen molar-refractivity contribution in [1.82, 2.24) is 0 Å². The normalized spacial score (nSPS) is 14.6. The Labute approximate surface area is 234 Å². The zero-order chi connectivity index (χ0) is 27.9. The summed E-state index contributed by atoms with van der Waals surface area (Å²) in [5.41, 5.74) is 7.39. The minimum Gasteiger partial charge on any atom is -0.488 e. The fourth-order valence-electron chi connectivity index (χ4n) is 5.28. The molecule has 0 aliphatic heterocycles. The first-order chi connectivity index (χ1) is 18.0. The van der Waals surface area contributed by atoms with Crippen LogP contribution in [0.4, 0.5) is 0 Å². The first kappa shape index (κ1) is 30.4. The van der Waals surface area contributed by atoms with E-state index in [4.69, 9.17) is 4.74 Å². The van der Waals surface area contributed by atoms with Gasteiger partial charge < -0.3 is 9.84 Å². The van der Waals surface area contributed by atoms with Gasteiger partial charge in [0.2, 0.25) is 0 Å². The number of hydrogen-bond donors (Lipinski definition) is 1. The van der Waals surface area contributed by atoms with E-state index in [0.29, 0.717) is 15.2 Å². The molecule has 3 heteroatoms. The molecule has 3 aromatic rings. The van der Waals surface area contributed by atoms with E-state index in [0.717, 1.165) is 24.2 Å². The van der Waals surface area contributed by atoms with Crippen LogP contribution in [-0.4, -0.2) is 5.11 Å². The van der Waals surface area contributed by atoms with Crippen LogP contribution in [0.15, 0.2) is 60.7 Å². The Balaban J connectivity index is 2.21. The summed E-state index contributed by atoms with van der Waals surface area (Å²) in [4.78, 5) is 0. The molecular weight excluding hydrogens is 483 g/mol. The summed E-state index contributed by atoms with van der Waals surface area (Å²) in [5, 5.41) is 11.9. The van der Waals surface area contributed by atoms with Crippen molar-refractivity contribution in [3.8, 4) is 5.75 Å². The molecule has 0 heterocycles. The largest absolute Gasteiger partial charge is 0.488 e. The zero-order valence-corrected chi connectivity index (χ0v) is 25.9. The molecular formula is C35H49O2P. The zero-order valence-electron chi connectivity index (χ0n) is 24.9. The predicted octanol–water partition coefficient (Wildman–Crippen LogP) is 9.42. The molecule has 0 bridgehead atoms. The van der Waals surface area contributed by atoms with E-state index in [1.165, 1.54) is 52.4 Å². The predicted molar refractivity (Wildman–Crippen MR) is 167 cm³/mol. The van der Waals surface area contributed by atoms with Gasteiger partial charge in [-0.15, -0.1) is 0 Å². The summed E-state index contributed by atoms with van der Waals surface area (Å²) < 4.78 is 6.73. The lowest BCUT2D eigenvalue weighted by atomic mass is 9.80. The third-order valence-electron chi connectivity index (χ3n) is 7.72. The molecule has 3 aromatic carbocycles. The van der Waals surface area contributed by atoms with Gasteiger partial charge in [0, 0.05) is 10.7 Å². The third kappa shape index (κ3) is 7.49. The molecule has 3 unspecified atom stereocenters. The second-order valence-electron chi connectivity index (χ2n) is 12.0. The second-order valence-corrected chi connectivity index (χ2v) is 13.7. The maximum Gasteiger partial charge on any atom is 0.126 e. The Morgan fingerprint density at radius 2 is 1.63 bits per heavy atom. The smallest absolute Gasteiger partial charge is 0.126 e. The van der Waals surface area contributed by atoms with Gasteiger partial charge in [0.15, 0.2) is 0 Å². The topological polar surface area (TPSA) is 29.5 Å². The lowest BCUT2D eigenvalue weighted by Gasteiger charge is -2.38. The molecule has 0 fully saturated rings. The SMILES string of the molecule is CCCCCC(CC)(Pc1ccc(C)cc1C(C)O)c1cc(C(C)(C)C)cc(C)c1OCc1ccccc1. The highest BCUT2D eigenvalue weighted by atomic mass is 31.1. The second kappa shape index (κ2) is 13.3. The fraction of sp³-hybridized carbons (Fsp3) is 0.486. The summed E-state index contributed by atoms with van der Waals surface area (Å²) >= 11 is 0. The molecule has 0 spiro atoms. The van der Waals surface area contributed by atoms with Crippen LogP contribution in [-0.2, 0) is 17.2 Å². The molecule has 3 rings (SSSR count). The Morgan fingerprint density at radius 1 is 0.921 bits per heavy atom. The van der Waals surface area contributed by atoms with E-state index in [2.05, 4.69) is 109 Å². The minimum absolute atomic E-state index is 0.0398. The highest BCUT2D eigenvalue weighted by Gasteiger charge is 2.36. The first-order valence-electron chi connectivity index (χ1n) is 14.4. The molecule has 0 radical (unpaired) electrons. The summed E-state index contributed by atoms with van der Waals surface area (Å²) in [7, 11) is 0.546. The number of hydrogen-bond acceptors (Lipinski definition) is 2. The standard InChI is InChI=1S/C35H49O2P/c1-9-11-15-20-35(10-2,38-32-19-18-25(3)21-30(32)27(5)36)31-23-29(34(6,7)8)22-26(4)33(31)37-24-28-16-13-12-14-17-28/h12-14,16-19,21-23,27,36,38H,9-11,15,20,24H2,1-8H3. The summed E-state index contributed by atoms with van der Waals surface area (Å²) in [6.07, 6.45) is 5.25. The molecule has 0 saturated heterocycles. The van der Waals surface area contributed by atoms with Gasteiger partial charge in [0.1, 0.15) is 12.4 Å². The molecule has 1 N–H and O–H groups in total. The first-order valence-corrected chi connectivity index (χ1v) is 15.4. The molecule has 0 aliphatic rings. The molecule has 0 aromatic heterocycles. The third-order valence-corrected chi connectivity index (χ3v) is 9.80. The van der Waals surface area contributed by atoms with E-state index in [-0.39, 0.29) is 10.6 Å². The van der Waals surface area contributed by atoms with E-state index in [9.17, 15) is 5.11 Å². The molecule has 3 atom stereocenters. The summed E-state index contributed by atoms with van der Waals surface area (Å²) in [5.74, 6) is 1.04. The monoisotopic (exact) mass is 532 g/mol. The molecule has 38 heavy (non-hydrogen) atoms. The van der Waals surface area contributed by atoms with Crippen LogP contribution >= 0.6 is 8.58 Å². The summed E-state index contributed by atoms with van der Waals surface area (Å²) in [6.45, 7) is 18.3. The van der Waals surface area contributed by atoms with Crippen molar-refractivity contribution in [2.45, 2.75) is 111 Å². The number of aliphatic hydroxyl groups excluding tert-OH is 1. The molecule has 0 aliphatic carbocycles. The number of ether oxygens (including phenoxy) is 1. The number of aryl methyl sites for hydroxylation is 2. The van der Waals surface area contributed by atoms with E-state index >= 15 is 0 Å². The highest BCUT2D eigenvalue weighted by Crippen LogP contribution is 2.53. The van der Waals surface area contributed by atoms with Gasteiger partial charge in [-0.2, -0.15) is 0 Å². The van der Waals surface area contributed by atoms with Crippen LogP contribution in [0.5, 0.6) is 5.75 Å². The Hall–Kier alpha value is -2.15. The van der Waals surface area contributed by atoms with Gasteiger partial charge in [0.25, 0.3) is 0 Å². The molecule has 206 valence electrons. The van der Waals surface area contributed by atoms with Gasteiger partial charge in [0.05, 0.1) is 6.10 Å². The average molecular weight is 533 g/mol. The van der Waals surface area contributed by atoms with Crippen LogP contribution < -0.4 is 10.0 Å². The number of benzene rings is 3. The van der Waals surface area contributed by atoms with Crippen LogP contribution in [0.25, 0.3) is 0 Å². The number of rotatable bonds is 12. The molecule has 0 saturated carbocycles. The van der Waals surface area contributed by atoms with Crippen LogP contribution in [0, 0.1) is 13.8 Å². The Morgan fingerprint density at radius 3 is 2.24 bits per heavy atom. The van der Waals surface area contributed by atoms with E-state index < -0.39 is 6.10 Å². The quantitative estimate of drug-likeness (QED) is 0.186. The van der Waals surface area contributed by atoms with E-state index in [1.807, 2.05) is 6.92 Å².